The van der Waals surface area contributed by atoms with Crippen LogP contribution in [0.1, 0.15) is 16.2 Å². The summed E-state index contributed by atoms with van der Waals surface area (Å²) in [5.41, 5.74) is 1.29. The molecule has 2 aromatic rings. The highest BCUT2D eigenvalue weighted by atomic mass is 79.9. The van der Waals surface area contributed by atoms with Gasteiger partial charge >= 0.3 is 0 Å². The van der Waals surface area contributed by atoms with Crippen LogP contribution >= 0.6 is 15.9 Å². The smallest absolute Gasteiger partial charge is 0.293 e. The molecule has 0 fully saturated rings. The first-order chi connectivity index (χ1) is 7.66. The summed E-state index contributed by atoms with van der Waals surface area (Å²) in [6.07, 6.45) is 1.26. The van der Waals surface area contributed by atoms with Crippen molar-refractivity contribution >= 4 is 27.5 Å². The number of nitrogens with zero attached hydrogens (tertiary/aromatic N) is 1. The third-order valence-corrected chi connectivity index (χ3v) is 2.58. The van der Waals surface area contributed by atoms with Crippen molar-refractivity contribution in [2.45, 2.75) is 6.92 Å². The van der Waals surface area contributed by atoms with Crippen molar-refractivity contribution in [3.63, 3.8) is 0 Å². The number of amides is 1. The van der Waals surface area contributed by atoms with Crippen LogP contribution in [0, 0.1) is 6.92 Å². The lowest BCUT2D eigenvalue weighted by Crippen LogP contribution is -2.12. The summed E-state index contributed by atoms with van der Waals surface area (Å²) in [7, 11) is 0. The molecule has 0 bridgehead atoms. The molecule has 1 aromatic carbocycles. The van der Waals surface area contributed by atoms with Gasteiger partial charge in [-0.2, -0.15) is 0 Å². The maximum atomic E-state index is 11.7. The van der Waals surface area contributed by atoms with Gasteiger partial charge in [0, 0.05) is 10.2 Å². The second-order valence-electron chi connectivity index (χ2n) is 3.23. The number of carbonyl (C=O) groups is 1. The van der Waals surface area contributed by atoms with E-state index in [9.17, 15) is 4.79 Å². The molecule has 1 N–H and O–H groups in total. The molecule has 4 nitrogen and oxygen atoms in total. The fourth-order valence-electron chi connectivity index (χ4n) is 1.24. The summed E-state index contributed by atoms with van der Waals surface area (Å²) in [6, 6.07) is 7.30. The van der Waals surface area contributed by atoms with E-state index in [1.165, 1.54) is 6.39 Å². The minimum absolute atomic E-state index is 0.239. The number of nitrogens with one attached hydrogen (secondary N) is 1. The van der Waals surface area contributed by atoms with E-state index < -0.39 is 0 Å². The molecular weight excluding hydrogens is 272 g/mol. The van der Waals surface area contributed by atoms with Gasteiger partial charge in [0.1, 0.15) is 0 Å². The van der Waals surface area contributed by atoms with E-state index in [0.717, 1.165) is 4.47 Å². The van der Waals surface area contributed by atoms with Gasteiger partial charge in [-0.25, -0.2) is 4.98 Å². The van der Waals surface area contributed by atoms with E-state index in [4.69, 9.17) is 4.42 Å². The van der Waals surface area contributed by atoms with Gasteiger partial charge in [-0.3, -0.25) is 4.79 Å². The van der Waals surface area contributed by atoms with E-state index >= 15 is 0 Å². The highest BCUT2D eigenvalue weighted by Crippen LogP contribution is 2.15. The molecule has 0 saturated heterocycles. The Kier molecular flexibility index (Phi) is 3.05. The van der Waals surface area contributed by atoms with Gasteiger partial charge in [0.15, 0.2) is 6.39 Å². The number of halogens is 1. The zero-order valence-electron chi connectivity index (χ0n) is 8.53. The maximum Gasteiger partial charge on any atom is 0.293 e. The number of carbonyl (C=O) groups excluding carboxylic acids is 1. The van der Waals surface area contributed by atoms with Crippen molar-refractivity contribution in [2.24, 2.45) is 0 Å². The third kappa shape index (κ3) is 2.30. The van der Waals surface area contributed by atoms with Crippen molar-refractivity contribution in [1.29, 1.82) is 0 Å². The number of hydrogen-bond acceptors (Lipinski definition) is 3. The Bertz CT molecular complexity index is 505. The molecule has 2 rings (SSSR count). The highest BCUT2D eigenvalue weighted by molar-refractivity contribution is 9.10. The molecule has 0 spiro atoms. The van der Waals surface area contributed by atoms with Crippen molar-refractivity contribution in [1.82, 2.24) is 4.98 Å². The van der Waals surface area contributed by atoms with Crippen molar-refractivity contribution in [3.8, 4) is 0 Å². The summed E-state index contributed by atoms with van der Waals surface area (Å²) in [5, 5.41) is 2.72. The number of anilines is 1. The minimum Gasteiger partial charge on any atom is -0.438 e. The second-order valence-corrected chi connectivity index (χ2v) is 4.14. The molecular formula is C11H9BrN2O2. The first-order valence-electron chi connectivity index (χ1n) is 4.64. The van der Waals surface area contributed by atoms with Gasteiger partial charge in [-0.1, -0.05) is 15.9 Å². The molecule has 1 aromatic heterocycles. The van der Waals surface area contributed by atoms with E-state index in [1.807, 2.05) is 12.1 Å². The standard InChI is InChI=1S/C11H9BrN2O2/c1-7-10(16-6-13-7)11(15)14-9-4-2-8(12)3-5-9/h2-6H,1H3,(H,14,15). The molecule has 16 heavy (non-hydrogen) atoms. The van der Waals surface area contributed by atoms with E-state index in [0.29, 0.717) is 11.4 Å². The van der Waals surface area contributed by atoms with Gasteiger partial charge in [0.2, 0.25) is 5.76 Å². The molecule has 0 aliphatic heterocycles. The van der Waals surface area contributed by atoms with E-state index in [1.54, 1.807) is 19.1 Å². The van der Waals surface area contributed by atoms with Crippen LogP contribution in [0.15, 0.2) is 39.5 Å². The van der Waals surface area contributed by atoms with E-state index in [2.05, 4.69) is 26.2 Å². The molecule has 0 radical (unpaired) electrons. The lowest BCUT2D eigenvalue weighted by atomic mass is 10.3. The van der Waals surface area contributed by atoms with Gasteiger partial charge in [-0.05, 0) is 31.2 Å². The average Bonchev–Trinajstić information content (AvgIpc) is 2.68. The highest BCUT2D eigenvalue weighted by Gasteiger charge is 2.13. The zero-order valence-corrected chi connectivity index (χ0v) is 10.1. The number of benzene rings is 1. The first kappa shape index (κ1) is 10.9. The van der Waals surface area contributed by atoms with Crippen molar-refractivity contribution < 1.29 is 9.21 Å². The third-order valence-electron chi connectivity index (χ3n) is 2.05. The molecule has 0 atom stereocenters. The molecule has 0 aliphatic rings. The number of aromatic nitrogens is 1. The number of rotatable bonds is 2. The topological polar surface area (TPSA) is 55.1 Å². The predicted octanol–water partition coefficient (Wildman–Crippen LogP) is 3.00. The first-order valence-corrected chi connectivity index (χ1v) is 5.43. The van der Waals surface area contributed by atoms with Crippen LogP contribution in [0.4, 0.5) is 5.69 Å². The second kappa shape index (κ2) is 4.49. The number of hydrogen-bond donors (Lipinski definition) is 1. The van der Waals surface area contributed by atoms with Gasteiger partial charge in [0.25, 0.3) is 5.91 Å². The summed E-state index contributed by atoms with van der Waals surface area (Å²) < 4.78 is 5.95. The number of aryl methyl sites for hydroxylation is 1. The molecule has 1 amide bonds. The Labute approximate surface area is 101 Å². The molecule has 0 aliphatic carbocycles. The fraction of sp³-hybridized carbons (Fsp3) is 0.0909. The van der Waals surface area contributed by atoms with Gasteiger partial charge in [0.05, 0.1) is 5.69 Å². The molecule has 1 heterocycles. The Morgan fingerprint density at radius 3 is 2.62 bits per heavy atom. The van der Waals surface area contributed by atoms with Gasteiger partial charge in [-0.15, -0.1) is 0 Å². The van der Waals surface area contributed by atoms with E-state index in [-0.39, 0.29) is 11.7 Å². The monoisotopic (exact) mass is 280 g/mol. The molecule has 5 heteroatoms. The molecule has 0 saturated carbocycles. The van der Waals surface area contributed by atoms with Gasteiger partial charge < -0.3 is 9.73 Å². The quantitative estimate of drug-likeness (QED) is 0.920. The fourth-order valence-corrected chi connectivity index (χ4v) is 1.51. The summed E-state index contributed by atoms with van der Waals surface area (Å²) in [4.78, 5) is 15.6. The Balaban J connectivity index is 2.14. The van der Waals surface area contributed by atoms with Crippen LogP contribution in [0.2, 0.25) is 0 Å². The Morgan fingerprint density at radius 2 is 2.06 bits per heavy atom. The lowest BCUT2D eigenvalue weighted by Gasteiger charge is -2.02. The summed E-state index contributed by atoms with van der Waals surface area (Å²) >= 11 is 3.32. The maximum absolute atomic E-state index is 11.7. The van der Waals surface area contributed by atoms with Crippen LogP contribution in [-0.2, 0) is 0 Å². The molecule has 0 unspecified atom stereocenters. The Hall–Kier alpha value is -1.62. The lowest BCUT2D eigenvalue weighted by molar-refractivity contribution is 0.0996. The average molecular weight is 281 g/mol. The van der Waals surface area contributed by atoms with Crippen molar-refractivity contribution in [3.05, 3.63) is 46.6 Å². The largest absolute Gasteiger partial charge is 0.438 e. The van der Waals surface area contributed by atoms with Crippen LogP contribution in [0.3, 0.4) is 0 Å². The molecule has 82 valence electrons. The van der Waals surface area contributed by atoms with Crippen LogP contribution in [0.25, 0.3) is 0 Å². The predicted molar refractivity (Wildman–Crippen MR) is 63.3 cm³/mol. The minimum atomic E-state index is -0.294. The van der Waals surface area contributed by atoms with Crippen LogP contribution in [0.5, 0.6) is 0 Å². The van der Waals surface area contributed by atoms with Crippen molar-refractivity contribution in [2.75, 3.05) is 5.32 Å². The summed E-state index contributed by atoms with van der Waals surface area (Å²) in [5.74, 6) is -0.0553. The van der Waals surface area contributed by atoms with Crippen LogP contribution < -0.4 is 5.32 Å². The van der Waals surface area contributed by atoms with Crippen LogP contribution in [-0.4, -0.2) is 10.9 Å². The Morgan fingerprint density at radius 1 is 1.38 bits per heavy atom. The normalized spacial score (nSPS) is 10.1. The zero-order chi connectivity index (χ0) is 11.5. The summed E-state index contributed by atoms with van der Waals surface area (Å²) in [6.45, 7) is 1.72. The SMILES string of the molecule is Cc1ncoc1C(=O)Nc1ccc(Br)cc1. The number of oxazole rings is 1.